The third-order valence-electron chi connectivity index (χ3n) is 4.04. The van der Waals surface area contributed by atoms with Gasteiger partial charge in [-0.2, -0.15) is 0 Å². The van der Waals surface area contributed by atoms with Gasteiger partial charge in [0, 0.05) is 24.5 Å². The molecule has 0 saturated carbocycles. The molecule has 0 spiro atoms. The minimum absolute atomic E-state index is 0.0680. The molecular weight excluding hydrogens is 403 g/mol. The second-order valence-corrected chi connectivity index (χ2v) is 7.59. The molecule has 0 aliphatic rings. The largest absolute Gasteiger partial charge is 0.489 e. The Balaban J connectivity index is 1.66. The number of nitrogens with zero attached hydrogens (tertiary/aromatic N) is 2. The first-order valence-corrected chi connectivity index (χ1v) is 9.99. The van der Waals surface area contributed by atoms with E-state index in [4.69, 9.17) is 27.9 Å². The number of thiazole rings is 1. The lowest BCUT2D eigenvalue weighted by molar-refractivity contribution is 0.0797. The van der Waals surface area contributed by atoms with Crippen LogP contribution in [0.3, 0.4) is 0 Å². The average molecular weight is 421 g/mol. The SMILES string of the molecule is CCN(C)C(=O)c1csc(-c2ccc(OCc3ccc(Cl)c(Cl)c3)cc2)n1. The van der Waals surface area contributed by atoms with Crippen LogP contribution in [0, 0.1) is 0 Å². The van der Waals surface area contributed by atoms with Gasteiger partial charge in [-0.25, -0.2) is 4.98 Å². The topological polar surface area (TPSA) is 42.4 Å². The molecule has 2 aromatic carbocycles. The Bertz CT molecular complexity index is 941. The van der Waals surface area contributed by atoms with Gasteiger partial charge in [-0.3, -0.25) is 4.79 Å². The van der Waals surface area contributed by atoms with Gasteiger partial charge in [0.15, 0.2) is 0 Å². The maximum absolute atomic E-state index is 12.2. The zero-order valence-corrected chi connectivity index (χ0v) is 17.2. The number of halogens is 2. The van der Waals surface area contributed by atoms with Gasteiger partial charge in [-0.05, 0) is 48.9 Å². The second-order valence-electron chi connectivity index (χ2n) is 5.92. The van der Waals surface area contributed by atoms with E-state index in [-0.39, 0.29) is 5.91 Å². The van der Waals surface area contributed by atoms with Crippen molar-refractivity contribution in [3.05, 3.63) is 69.1 Å². The molecule has 3 aromatic rings. The lowest BCUT2D eigenvalue weighted by Gasteiger charge is -2.11. The van der Waals surface area contributed by atoms with Crippen molar-refractivity contribution in [3.63, 3.8) is 0 Å². The Morgan fingerprint density at radius 3 is 2.56 bits per heavy atom. The van der Waals surface area contributed by atoms with Crippen molar-refractivity contribution in [1.82, 2.24) is 9.88 Å². The Hall–Kier alpha value is -2.08. The van der Waals surface area contributed by atoms with E-state index in [0.717, 1.165) is 21.9 Å². The summed E-state index contributed by atoms with van der Waals surface area (Å²) in [6, 6.07) is 13.1. The number of aromatic nitrogens is 1. The molecule has 3 rings (SSSR count). The molecule has 0 saturated heterocycles. The van der Waals surface area contributed by atoms with Gasteiger partial charge in [0.1, 0.15) is 23.1 Å². The Morgan fingerprint density at radius 2 is 1.89 bits per heavy atom. The molecule has 7 heteroatoms. The molecular formula is C20H18Cl2N2O2S. The second kappa shape index (κ2) is 8.74. The van der Waals surface area contributed by atoms with E-state index in [9.17, 15) is 4.79 Å². The summed E-state index contributed by atoms with van der Waals surface area (Å²) >= 11 is 13.4. The van der Waals surface area contributed by atoms with Crippen LogP contribution >= 0.6 is 34.5 Å². The summed E-state index contributed by atoms with van der Waals surface area (Å²) in [5.41, 5.74) is 2.36. The van der Waals surface area contributed by atoms with Gasteiger partial charge in [0.25, 0.3) is 5.91 Å². The van der Waals surface area contributed by atoms with Gasteiger partial charge >= 0.3 is 0 Å². The van der Waals surface area contributed by atoms with Crippen LogP contribution in [-0.2, 0) is 6.61 Å². The minimum Gasteiger partial charge on any atom is -0.489 e. The molecule has 140 valence electrons. The van der Waals surface area contributed by atoms with Gasteiger partial charge in [0.2, 0.25) is 0 Å². The Kier molecular flexibility index (Phi) is 6.37. The van der Waals surface area contributed by atoms with Crippen molar-refractivity contribution in [2.75, 3.05) is 13.6 Å². The van der Waals surface area contributed by atoms with Crippen LogP contribution in [0.25, 0.3) is 10.6 Å². The predicted molar refractivity (Wildman–Crippen MR) is 111 cm³/mol. The molecule has 27 heavy (non-hydrogen) atoms. The van der Waals surface area contributed by atoms with E-state index in [1.54, 1.807) is 29.5 Å². The smallest absolute Gasteiger partial charge is 0.273 e. The fourth-order valence-electron chi connectivity index (χ4n) is 2.33. The number of amides is 1. The van der Waals surface area contributed by atoms with Crippen LogP contribution in [0.4, 0.5) is 0 Å². The maximum Gasteiger partial charge on any atom is 0.273 e. The molecule has 0 aliphatic heterocycles. The van der Waals surface area contributed by atoms with E-state index < -0.39 is 0 Å². The highest BCUT2D eigenvalue weighted by Gasteiger charge is 2.14. The monoisotopic (exact) mass is 420 g/mol. The molecule has 0 bridgehead atoms. The summed E-state index contributed by atoms with van der Waals surface area (Å²) in [4.78, 5) is 18.3. The van der Waals surface area contributed by atoms with Gasteiger partial charge in [-0.1, -0.05) is 29.3 Å². The van der Waals surface area contributed by atoms with E-state index >= 15 is 0 Å². The van der Waals surface area contributed by atoms with Crippen molar-refractivity contribution < 1.29 is 9.53 Å². The molecule has 0 unspecified atom stereocenters. The quantitative estimate of drug-likeness (QED) is 0.506. The number of carbonyl (C=O) groups excluding carboxylic acids is 1. The van der Waals surface area contributed by atoms with E-state index in [1.807, 2.05) is 37.3 Å². The van der Waals surface area contributed by atoms with Crippen LogP contribution in [-0.4, -0.2) is 29.4 Å². The summed E-state index contributed by atoms with van der Waals surface area (Å²) in [5.74, 6) is 0.671. The number of hydrogen-bond donors (Lipinski definition) is 0. The predicted octanol–water partition coefficient (Wildman–Crippen LogP) is 5.79. The number of rotatable bonds is 6. The molecule has 0 fully saturated rings. The third-order valence-corrected chi connectivity index (χ3v) is 5.67. The van der Waals surface area contributed by atoms with Gasteiger partial charge < -0.3 is 9.64 Å². The standard InChI is InChI=1S/C20H18Cl2N2O2S/c1-3-24(2)20(25)18-12-27-19(23-18)14-5-7-15(8-6-14)26-11-13-4-9-16(21)17(22)10-13/h4-10,12H,3,11H2,1-2H3. The highest BCUT2D eigenvalue weighted by Crippen LogP contribution is 2.27. The maximum atomic E-state index is 12.2. The lowest BCUT2D eigenvalue weighted by atomic mass is 10.2. The molecule has 1 amide bonds. The van der Waals surface area contributed by atoms with Crippen molar-refractivity contribution >= 4 is 40.4 Å². The fourth-order valence-corrected chi connectivity index (χ4v) is 3.45. The summed E-state index contributed by atoms with van der Waals surface area (Å²) in [6.07, 6.45) is 0. The van der Waals surface area contributed by atoms with Crippen molar-refractivity contribution in [2.24, 2.45) is 0 Å². The summed E-state index contributed by atoms with van der Waals surface area (Å²) in [7, 11) is 1.77. The first-order chi connectivity index (χ1) is 13.0. The first kappa shape index (κ1) is 19.7. The van der Waals surface area contributed by atoms with Crippen LogP contribution in [0.15, 0.2) is 47.8 Å². The molecule has 0 aliphatic carbocycles. The highest BCUT2D eigenvalue weighted by atomic mass is 35.5. The molecule has 1 aromatic heterocycles. The molecule has 1 heterocycles. The highest BCUT2D eigenvalue weighted by molar-refractivity contribution is 7.13. The number of ether oxygens (including phenoxy) is 1. The zero-order chi connectivity index (χ0) is 19.4. The normalized spacial score (nSPS) is 10.7. The summed E-state index contributed by atoms with van der Waals surface area (Å²) in [5, 5.41) is 3.63. The van der Waals surface area contributed by atoms with Crippen molar-refractivity contribution in [2.45, 2.75) is 13.5 Å². The summed E-state index contributed by atoms with van der Waals surface area (Å²) in [6.45, 7) is 2.98. The van der Waals surface area contributed by atoms with Crippen molar-refractivity contribution in [1.29, 1.82) is 0 Å². The lowest BCUT2D eigenvalue weighted by Crippen LogP contribution is -2.26. The minimum atomic E-state index is -0.0680. The number of hydrogen-bond acceptors (Lipinski definition) is 4. The van der Waals surface area contributed by atoms with Gasteiger partial charge in [0.05, 0.1) is 10.0 Å². The number of carbonyl (C=O) groups is 1. The molecule has 0 N–H and O–H groups in total. The van der Waals surface area contributed by atoms with Crippen molar-refractivity contribution in [3.8, 4) is 16.3 Å². The van der Waals surface area contributed by atoms with Gasteiger partial charge in [-0.15, -0.1) is 11.3 Å². The number of benzene rings is 2. The summed E-state index contributed by atoms with van der Waals surface area (Å²) < 4.78 is 5.79. The Morgan fingerprint density at radius 1 is 1.15 bits per heavy atom. The molecule has 0 radical (unpaired) electrons. The zero-order valence-electron chi connectivity index (χ0n) is 14.9. The first-order valence-electron chi connectivity index (χ1n) is 8.36. The third kappa shape index (κ3) is 4.80. The molecule has 4 nitrogen and oxygen atoms in total. The van der Waals surface area contributed by atoms with E-state index in [2.05, 4.69) is 4.98 Å². The fraction of sp³-hybridized carbons (Fsp3) is 0.200. The Labute approximate surface area is 172 Å². The molecule has 0 atom stereocenters. The average Bonchev–Trinajstić information content (AvgIpc) is 3.18. The van der Waals surface area contributed by atoms with Crippen LogP contribution in [0.2, 0.25) is 10.0 Å². The van der Waals surface area contributed by atoms with Crippen LogP contribution in [0.1, 0.15) is 23.0 Å². The van der Waals surface area contributed by atoms with E-state index in [0.29, 0.717) is 28.9 Å². The van der Waals surface area contributed by atoms with E-state index in [1.165, 1.54) is 11.3 Å². The van der Waals surface area contributed by atoms with Crippen LogP contribution < -0.4 is 4.74 Å². The van der Waals surface area contributed by atoms with Crippen LogP contribution in [0.5, 0.6) is 5.75 Å².